The van der Waals surface area contributed by atoms with Crippen molar-refractivity contribution in [1.29, 1.82) is 0 Å². The van der Waals surface area contributed by atoms with Crippen LogP contribution in [-0.4, -0.2) is 40.0 Å². The van der Waals surface area contributed by atoms with Gasteiger partial charge in [0.1, 0.15) is 18.2 Å². The number of rotatable bonds is 4. The Morgan fingerprint density at radius 1 is 1.24 bits per heavy atom. The van der Waals surface area contributed by atoms with E-state index < -0.39 is 11.2 Å². The average molecular weight is 421 g/mol. The van der Waals surface area contributed by atoms with Gasteiger partial charge >= 0.3 is 0 Å². The first-order valence-electron chi connectivity index (χ1n) is 10.7. The molecule has 160 valence electrons. The molecule has 2 heterocycles. The first-order valence-corrected chi connectivity index (χ1v) is 11.8. The van der Waals surface area contributed by atoms with Gasteiger partial charge in [-0.05, 0) is 44.2 Å². The lowest BCUT2D eigenvalue weighted by Gasteiger charge is -2.37. The van der Waals surface area contributed by atoms with Gasteiger partial charge < -0.3 is 15.4 Å². The van der Waals surface area contributed by atoms with E-state index in [9.17, 15) is 9.00 Å². The Hall–Kier alpha value is -2.09. The third kappa shape index (κ3) is 4.91. The molecule has 3 aliphatic rings. The van der Waals surface area contributed by atoms with E-state index in [0.717, 1.165) is 51.5 Å². The maximum absolute atomic E-state index is 12.9. The Kier molecular flexibility index (Phi) is 7.52. The predicted molar refractivity (Wildman–Crippen MR) is 117 cm³/mol. The number of amides is 1. The molecular formula is C21H32N4O3S. The number of nitrogens with one attached hydrogen (secondary N) is 1. The quantitative estimate of drug-likeness (QED) is 0.780. The van der Waals surface area contributed by atoms with Gasteiger partial charge in [-0.3, -0.25) is 9.52 Å². The first kappa shape index (κ1) is 21.6. The molecule has 2 atom stereocenters. The van der Waals surface area contributed by atoms with Gasteiger partial charge in [0, 0.05) is 12.5 Å². The highest BCUT2D eigenvalue weighted by Gasteiger charge is 2.33. The topological polar surface area (TPSA) is 97.0 Å². The van der Waals surface area contributed by atoms with Crippen LogP contribution in [0.15, 0.2) is 22.6 Å². The highest BCUT2D eigenvalue weighted by Crippen LogP contribution is 2.32. The summed E-state index contributed by atoms with van der Waals surface area (Å²) in [5.41, 5.74) is 7.27. The molecule has 0 radical (unpaired) electrons. The van der Waals surface area contributed by atoms with Gasteiger partial charge in [-0.1, -0.05) is 32.8 Å². The van der Waals surface area contributed by atoms with E-state index >= 15 is 0 Å². The number of piperidine rings is 1. The number of benzene rings is 1. The third-order valence-corrected chi connectivity index (χ3v) is 6.46. The van der Waals surface area contributed by atoms with Gasteiger partial charge in [0.2, 0.25) is 17.1 Å². The monoisotopic (exact) mass is 420 g/mol. The number of fused-ring (bicyclic) bond motifs is 1. The molecule has 8 heteroatoms. The maximum atomic E-state index is 12.9. The van der Waals surface area contributed by atoms with Crippen LogP contribution < -0.4 is 15.2 Å². The molecule has 2 unspecified atom stereocenters. The van der Waals surface area contributed by atoms with Crippen LogP contribution in [0.4, 0.5) is 5.69 Å². The van der Waals surface area contributed by atoms with Gasteiger partial charge in [-0.2, -0.15) is 4.40 Å². The minimum Gasteiger partial charge on any atom is -0.491 e. The SMILES string of the molecule is CC.NC1=NS(=O)Nc2cccc(OCC3CCCCN3C(=O)C3CCCC3)c21. The molecule has 1 saturated carbocycles. The van der Waals surface area contributed by atoms with E-state index in [-0.39, 0.29) is 17.8 Å². The number of nitrogens with zero attached hydrogens (tertiary/aromatic N) is 2. The summed E-state index contributed by atoms with van der Waals surface area (Å²) in [6, 6.07) is 5.56. The molecule has 1 aromatic carbocycles. The second-order valence-electron chi connectivity index (χ2n) is 7.48. The molecule has 1 aromatic rings. The second-order valence-corrected chi connectivity index (χ2v) is 8.37. The molecule has 1 aliphatic carbocycles. The van der Waals surface area contributed by atoms with Crippen LogP contribution >= 0.6 is 0 Å². The largest absolute Gasteiger partial charge is 0.491 e. The number of carbonyl (C=O) groups excluding carboxylic acids is 1. The summed E-state index contributed by atoms with van der Waals surface area (Å²) in [4.78, 5) is 15.0. The molecule has 4 rings (SSSR count). The summed E-state index contributed by atoms with van der Waals surface area (Å²) in [5, 5.41) is 0. The zero-order valence-corrected chi connectivity index (χ0v) is 18.2. The molecule has 0 spiro atoms. The highest BCUT2D eigenvalue weighted by molar-refractivity contribution is 7.85. The number of likely N-dealkylation sites (tertiary alicyclic amines) is 1. The standard InChI is InChI=1S/C19H26N4O3S.C2H6/c20-18-17-15(21-27(25)22-18)9-5-10-16(17)26-12-14-8-3-4-11-23(14)19(24)13-6-1-2-7-13;1-2/h5,9-10,13-14,21H,1-4,6-8,11-12H2,(H2,20,22);1-2H3. The van der Waals surface area contributed by atoms with Crippen molar-refractivity contribution in [2.75, 3.05) is 17.9 Å². The number of carbonyl (C=O) groups is 1. The van der Waals surface area contributed by atoms with Crippen LogP contribution in [-0.2, 0) is 16.0 Å². The Balaban J connectivity index is 0.00000117. The van der Waals surface area contributed by atoms with Gasteiger partial charge in [-0.25, -0.2) is 4.21 Å². The Morgan fingerprint density at radius 3 is 2.72 bits per heavy atom. The Bertz CT molecular complexity index is 777. The molecule has 29 heavy (non-hydrogen) atoms. The average Bonchev–Trinajstić information content (AvgIpc) is 3.28. The van der Waals surface area contributed by atoms with E-state index in [4.69, 9.17) is 10.5 Å². The fourth-order valence-corrected chi connectivity index (χ4v) is 4.98. The minimum atomic E-state index is -1.56. The van der Waals surface area contributed by atoms with Crippen LogP contribution in [0.25, 0.3) is 0 Å². The molecule has 2 aliphatic heterocycles. The number of nitrogens with two attached hydrogens (primary N) is 1. The summed E-state index contributed by atoms with van der Waals surface area (Å²) in [7, 11) is 0. The molecule has 0 bridgehead atoms. The van der Waals surface area contributed by atoms with Crippen molar-refractivity contribution in [2.45, 2.75) is 64.8 Å². The van der Waals surface area contributed by atoms with Crippen molar-refractivity contribution in [3.63, 3.8) is 0 Å². The summed E-state index contributed by atoms with van der Waals surface area (Å²) in [6.45, 7) is 5.26. The van der Waals surface area contributed by atoms with E-state index in [1.54, 1.807) is 6.07 Å². The molecule has 3 N–H and O–H groups in total. The molecule has 1 saturated heterocycles. The number of hydrogen-bond acceptors (Lipinski definition) is 4. The van der Waals surface area contributed by atoms with Crippen LogP contribution in [0.5, 0.6) is 5.75 Å². The van der Waals surface area contributed by atoms with Crippen LogP contribution in [0, 0.1) is 5.92 Å². The van der Waals surface area contributed by atoms with E-state index in [1.807, 2.05) is 30.9 Å². The Morgan fingerprint density at radius 2 is 1.97 bits per heavy atom. The van der Waals surface area contributed by atoms with Gasteiger partial charge in [-0.15, -0.1) is 0 Å². The van der Waals surface area contributed by atoms with Gasteiger partial charge in [0.25, 0.3) is 0 Å². The number of hydrogen-bond donors (Lipinski definition) is 2. The molecule has 0 aromatic heterocycles. The summed E-state index contributed by atoms with van der Waals surface area (Å²) < 4.78 is 24.4. The van der Waals surface area contributed by atoms with Crippen LogP contribution in [0.1, 0.15) is 64.4 Å². The number of ether oxygens (including phenoxy) is 1. The number of anilines is 1. The normalized spacial score (nSPS) is 23.9. The fraction of sp³-hybridized carbons (Fsp3) is 0.619. The smallest absolute Gasteiger partial charge is 0.245 e. The summed E-state index contributed by atoms with van der Waals surface area (Å²) in [6.07, 6.45) is 7.49. The van der Waals surface area contributed by atoms with Crippen molar-refractivity contribution in [3.05, 3.63) is 23.8 Å². The lowest BCUT2D eigenvalue weighted by atomic mass is 9.98. The molecular weight excluding hydrogens is 388 g/mol. The lowest BCUT2D eigenvalue weighted by molar-refractivity contribution is -0.139. The highest BCUT2D eigenvalue weighted by atomic mass is 32.2. The maximum Gasteiger partial charge on any atom is 0.245 e. The van der Waals surface area contributed by atoms with E-state index in [1.165, 1.54) is 0 Å². The third-order valence-electron chi connectivity index (χ3n) is 5.71. The van der Waals surface area contributed by atoms with Crippen molar-refractivity contribution in [3.8, 4) is 5.75 Å². The summed E-state index contributed by atoms with van der Waals surface area (Å²) in [5.74, 6) is 1.31. The zero-order valence-electron chi connectivity index (χ0n) is 17.4. The van der Waals surface area contributed by atoms with Crippen molar-refractivity contribution >= 4 is 28.6 Å². The molecule has 2 fully saturated rings. The van der Waals surface area contributed by atoms with E-state index in [2.05, 4.69) is 9.12 Å². The lowest BCUT2D eigenvalue weighted by Crippen LogP contribution is -2.48. The summed E-state index contributed by atoms with van der Waals surface area (Å²) >= 11 is -1.56. The fourth-order valence-electron chi connectivity index (χ4n) is 4.31. The first-order chi connectivity index (χ1) is 14.1. The predicted octanol–water partition coefficient (Wildman–Crippen LogP) is 3.37. The van der Waals surface area contributed by atoms with Crippen LogP contribution in [0.3, 0.4) is 0 Å². The van der Waals surface area contributed by atoms with Crippen molar-refractivity contribution in [1.82, 2.24) is 4.90 Å². The van der Waals surface area contributed by atoms with Crippen LogP contribution in [0.2, 0.25) is 0 Å². The molecule has 1 amide bonds. The molecule has 7 nitrogen and oxygen atoms in total. The van der Waals surface area contributed by atoms with Gasteiger partial charge in [0.05, 0.1) is 17.3 Å². The van der Waals surface area contributed by atoms with Crippen molar-refractivity contribution < 1.29 is 13.7 Å². The van der Waals surface area contributed by atoms with Gasteiger partial charge in [0.15, 0.2) is 0 Å². The number of amidine groups is 1. The van der Waals surface area contributed by atoms with E-state index in [0.29, 0.717) is 29.5 Å². The zero-order chi connectivity index (χ0) is 20.8. The minimum absolute atomic E-state index is 0.0894. The second kappa shape index (κ2) is 10.1. The van der Waals surface area contributed by atoms with Crippen molar-refractivity contribution in [2.24, 2.45) is 16.0 Å². The Labute approximate surface area is 175 Å².